The van der Waals surface area contributed by atoms with E-state index in [9.17, 15) is 0 Å². The average molecular weight is 1840 g/mol. The highest BCUT2D eigenvalue weighted by Crippen LogP contribution is 2.45. The van der Waals surface area contributed by atoms with Crippen LogP contribution in [0, 0.1) is 0 Å². The van der Waals surface area contributed by atoms with Crippen molar-refractivity contribution < 1.29 is 0 Å². The van der Waals surface area contributed by atoms with Gasteiger partial charge in [-0.15, -0.1) is 0 Å². The van der Waals surface area contributed by atoms with Crippen LogP contribution < -0.4 is 0 Å². The molecule has 29 aromatic rings. The molecule has 0 fully saturated rings. The molecular formula is C129H83N15. The van der Waals surface area contributed by atoms with E-state index in [-0.39, 0.29) is 0 Å². The molecule has 0 amide bonds. The van der Waals surface area contributed by atoms with Gasteiger partial charge in [0.05, 0.1) is 102 Å². The van der Waals surface area contributed by atoms with E-state index in [1.165, 1.54) is 54.7 Å². The number of aromatic nitrogens is 15. The molecule has 14 heterocycles. The predicted octanol–water partition coefficient (Wildman–Crippen LogP) is 31.5. The predicted molar refractivity (Wildman–Crippen MR) is 589 cm³/mol. The smallest absolute Gasteiger partial charge is 0.235 e. The van der Waals surface area contributed by atoms with Crippen molar-refractivity contribution in [2.24, 2.45) is 0 Å². The quantitative estimate of drug-likeness (QED) is 0.104. The summed E-state index contributed by atoms with van der Waals surface area (Å²) in [6.45, 7) is 0. The molecule has 0 spiro atoms. The van der Waals surface area contributed by atoms with Crippen LogP contribution in [0.3, 0.4) is 0 Å². The Bertz CT molecular complexity index is 9500. The second kappa shape index (κ2) is 35.3. The molecule has 29 rings (SSSR count). The van der Waals surface area contributed by atoms with E-state index in [0.717, 1.165) is 194 Å². The van der Waals surface area contributed by atoms with Crippen LogP contribution in [-0.2, 0) is 0 Å². The summed E-state index contributed by atoms with van der Waals surface area (Å²) < 4.78 is 13.7. The molecule has 0 unspecified atom stereocenters. The molecule has 0 aliphatic heterocycles. The van der Waals surface area contributed by atoms with E-state index in [1.807, 2.05) is 117 Å². The Labute approximate surface area is 826 Å². The van der Waals surface area contributed by atoms with Crippen molar-refractivity contribution in [3.05, 3.63) is 505 Å². The highest BCUT2D eigenvalue weighted by molar-refractivity contribution is 6.17. The zero-order valence-electron chi connectivity index (χ0n) is 77.6. The largest absolute Gasteiger partial charge is 0.309 e. The fraction of sp³-hybridized carbons (Fsp3) is 0. The van der Waals surface area contributed by atoms with Gasteiger partial charge in [-0.1, -0.05) is 255 Å². The van der Waals surface area contributed by atoms with Crippen LogP contribution in [0.4, 0.5) is 0 Å². The van der Waals surface area contributed by atoms with Crippen LogP contribution in [0.1, 0.15) is 0 Å². The Morgan fingerprint density at radius 1 is 0.132 bits per heavy atom. The van der Waals surface area contributed by atoms with Gasteiger partial charge in [-0.3, -0.25) is 39.0 Å². The SMILES string of the molecule is c1ccc(-c2cc(-c3ccccc3)nc(-n3c4ccc(-c5ccc6c(c5)c5cnccc5n6-c5ccccc5)cc4c4ccncc43)c2)cc1.c1ccc(-c2cc(-c3ccccc3)nc(-n3c4ccc(-c5ccc6c(c5)c5cnccc5n6-c5ccccc5)cc4c4ccncc43)n2)cc1.c1ccc(-c2cccc(-n3c4ccc(-c5ccc6c(c5)c5cnccc5n6-c5ccccc5)cc4c4ccncc43)c2)cc1. The summed E-state index contributed by atoms with van der Waals surface area (Å²) in [7, 11) is 0. The Morgan fingerprint density at radius 2 is 0.389 bits per heavy atom. The fourth-order valence-corrected chi connectivity index (χ4v) is 21.3. The number of nitrogens with zero attached hydrogens (tertiary/aromatic N) is 15. The summed E-state index contributed by atoms with van der Waals surface area (Å²) in [5, 5.41) is 13.8. The minimum atomic E-state index is 0.605. The van der Waals surface area contributed by atoms with E-state index in [4.69, 9.17) is 15.0 Å². The maximum absolute atomic E-state index is 5.27. The number of rotatable bonds is 14. The van der Waals surface area contributed by atoms with Gasteiger partial charge in [-0.2, -0.15) is 0 Å². The van der Waals surface area contributed by atoms with Crippen molar-refractivity contribution in [1.82, 2.24) is 72.3 Å². The third kappa shape index (κ3) is 14.6. The molecule has 14 aromatic heterocycles. The van der Waals surface area contributed by atoms with Crippen molar-refractivity contribution >= 4 is 131 Å². The van der Waals surface area contributed by atoms with Crippen molar-refractivity contribution in [1.29, 1.82) is 0 Å². The summed E-state index contributed by atoms with van der Waals surface area (Å²) in [6, 6.07) is 152. The third-order valence-electron chi connectivity index (χ3n) is 27.9. The lowest BCUT2D eigenvalue weighted by molar-refractivity contribution is 0.993. The summed E-state index contributed by atoms with van der Waals surface area (Å²) in [4.78, 5) is 42.7. The summed E-state index contributed by atoms with van der Waals surface area (Å²) in [5.74, 6) is 1.46. The van der Waals surface area contributed by atoms with E-state index in [2.05, 4.69) is 446 Å². The van der Waals surface area contributed by atoms with Gasteiger partial charge in [-0.25, -0.2) is 15.0 Å². The van der Waals surface area contributed by atoms with Crippen LogP contribution in [0.25, 0.3) is 255 Å². The monoisotopic (exact) mass is 1840 g/mol. The second-order valence-corrected chi connectivity index (χ2v) is 36.2. The summed E-state index contributed by atoms with van der Waals surface area (Å²) >= 11 is 0. The summed E-state index contributed by atoms with van der Waals surface area (Å²) in [6.07, 6.45) is 23.0. The molecule has 144 heavy (non-hydrogen) atoms. The number of hydrogen-bond acceptors (Lipinski definition) is 9. The number of benzene rings is 15. The molecule has 0 bridgehead atoms. The Balaban J connectivity index is 0.000000108. The lowest BCUT2D eigenvalue weighted by atomic mass is 10.0. The minimum Gasteiger partial charge on any atom is -0.309 e. The number of pyridine rings is 7. The first-order valence-corrected chi connectivity index (χ1v) is 48.2. The molecule has 674 valence electrons. The van der Waals surface area contributed by atoms with Gasteiger partial charge in [0.2, 0.25) is 5.95 Å². The third-order valence-corrected chi connectivity index (χ3v) is 27.9. The van der Waals surface area contributed by atoms with Gasteiger partial charge < -0.3 is 18.3 Å². The lowest BCUT2D eigenvalue weighted by Gasteiger charge is -2.13. The topological polar surface area (TPSA) is 146 Å². The molecule has 0 saturated heterocycles. The van der Waals surface area contributed by atoms with Crippen LogP contribution in [-0.4, -0.2) is 72.3 Å². The average Bonchev–Trinajstić information content (AvgIpc) is 1.59. The molecule has 0 aliphatic carbocycles. The maximum atomic E-state index is 5.27. The molecular weight excluding hydrogens is 1760 g/mol. The standard InChI is InChI=1S/C45H29N5.C44H28N6.C40H26N4/c1-4-10-30(11-5-1)34-26-40(31-12-6-2-7-13-31)48-45(27-34)50-42-19-17-32(24-37(42)36-20-22-47-29-44(36)50)33-16-18-41-38(25-33)39-28-46-23-21-43(39)49(41)35-14-8-3-9-15-35;1-4-10-29(11-5-1)38-26-39(30-12-6-2-7-13-30)48-44(47-38)50-41-19-17-31(24-35(41)34-20-22-46-28-43(34)50)32-16-18-40-36(25-32)37-27-45-23-21-42(37)49(40)33-14-8-3-9-15-33;1-3-8-27(9-4-1)28-10-7-13-32(22-28)44-37-16-14-29(23-34(37)33-18-20-42-26-40(33)44)30-15-17-38-35(24-30)36-25-41-21-19-39(36)43(38)31-11-5-2-6-12-31/h1-29H;1-28H;1-26H. The van der Waals surface area contributed by atoms with Gasteiger partial charge >= 0.3 is 0 Å². The van der Waals surface area contributed by atoms with Crippen molar-refractivity contribution in [3.8, 4) is 124 Å². The highest BCUT2D eigenvalue weighted by Gasteiger charge is 2.25. The highest BCUT2D eigenvalue weighted by atomic mass is 15.2. The Kier molecular flexibility index (Phi) is 20.5. The van der Waals surface area contributed by atoms with Gasteiger partial charge in [0.15, 0.2) is 0 Å². The Morgan fingerprint density at radius 3 is 0.757 bits per heavy atom. The first-order chi connectivity index (χ1) is 71.4. The van der Waals surface area contributed by atoms with E-state index >= 15 is 0 Å². The number of hydrogen-bond donors (Lipinski definition) is 0. The molecule has 0 N–H and O–H groups in total. The first-order valence-electron chi connectivity index (χ1n) is 48.2. The molecule has 0 atom stereocenters. The zero-order chi connectivity index (χ0) is 95.1. The molecule has 0 aliphatic rings. The van der Waals surface area contributed by atoms with Crippen molar-refractivity contribution in [2.45, 2.75) is 0 Å². The van der Waals surface area contributed by atoms with E-state index in [0.29, 0.717) is 5.95 Å². The van der Waals surface area contributed by atoms with Gasteiger partial charge in [0, 0.05) is 160 Å². The number of fused-ring (bicyclic) bond motifs is 18. The fourth-order valence-electron chi connectivity index (χ4n) is 21.3. The van der Waals surface area contributed by atoms with Crippen LogP contribution in [0.15, 0.2) is 505 Å². The lowest BCUT2D eigenvalue weighted by Crippen LogP contribution is -2.04. The van der Waals surface area contributed by atoms with Gasteiger partial charge in [-0.05, 0) is 232 Å². The number of para-hydroxylation sites is 3. The normalized spacial score (nSPS) is 11.6. The first kappa shape index (κ1) is 83.6. The zero-order valence-corrected chi connectivity index (χ0v) is 77.6. The maximum Gasteiger partial charge on any atom is 0.235 e. The van der Waals surface area contributed by atoms with Gasteiger partial charge in [0.25, 0.3) is 0 Å². The van der Waals surface area contributed by atoms with E-state index in [1.54, 1.807) is 0 Å². The van der Waals surface area contributed by atoms with Crippen LogP contribution in [0.5, 0.6) is 0 Å². The second-order valence-electron chi connectivity index (χ2n) is 36.2. The van der Waals surface area contributed by atoms with Crippen LogP contribution in [0.2, 0.25) is 0 Å². The van der Waals surface area contributed by atoms with Crippen LogP contribution >= 0.6 is 0 Å². The molecule has 15 nitrogen and oxygen atoms in total. The summed E-state index contributed by atoms with van der Waals surface area (Å²) in [5.41, 5.74) is 35.1. The van der Waals surface area contributed by atoms with E-state index < -0.39 is 0 Å². The minimum absolute atomic E-state index is 0.605. The molecule has 15 aromatic carbocycles. The van der Waals surface area contributed by atoms with Gasteiger partial charge in [0.1, 0.15) is 5.82 Å². The Hall–Kier alpha value is -19.8. The molecule has 0 saturated carbocycles. The van der Waals surface area contributed by atoms with Crippen molar-refractivity contribution in [3.63, 3.8) is 0 Å². The molecule has 0 radical (unpaired) electrons. The van der Waals surface area contributed by atoms with Crippen molar-refractivity contribution in [2.75, 3.05) is 0 Å². The molecule has 15 heteroatoms.